The van der Waals surface area contributed by atoms with Gasteiger partial charge in [-0.1, -0.05) is 42.8 Å². The molecule has 7 nitrogen and oxygen atoms in total. The molecule has 184 valence electrons. The summed E-state index contributed by atoms with van der Waals surface area (Å²) in [5.74, 6) is 1.17. The summed E-state index contributed by atoms with van der Waals surface area (Å²) in [6, 6.07) is 16.7. The maximum Gasteiger partial charge on any atom is 0.241 e. The molecule has 2 N–H and O–H groups in total. The highest BCUT2D eigenvalue weighted by Gasteiger charge is 2.26. The Labute approximate surface area is 210 Å². The Morgan fingerprint density at radius 3 is 2.66 bits per heavy atom. The number of pyridine rings is 1. The molecule has 0 radical (unpaired) electrons. The van der Waals surface area contributed by atoms with Crippen molar-refractivity contribution in [2.45, 2.75) is 48.1 Å². The van der Waals surface area contributed by atoms with E-state index in [4.69, 9.17) is 4.74 Å². The molecule has 0 saturated heterocycles. The van der Waals surface area contributed by atoms with Gasteiger partial charge in [0.2, 0.25) is 15.9 Å². The number of carbonyl (C=O) groups is 1. The number of amides is 1. The van der Waals surface area contributed by atoms with Crippen LogP contribution in [-0.2, 0) is 14.8 Å². The van der Waals surface area contributed by atoms with Gasteiger partial charge in [0.25, 0.3) is 0 Å². The first-order valence-corrected chi connectivity index (χ1v) is 14.1. The largest absolute Gasteiger partial charge is 0.491 e. The third-order valence-corrected chi connectivity index (χ3v) is 8.15. The zero-order chi connectivity index (χ0) is 24.7. The maximum atomic E-state index is 13.1. The zero-order valence-electron chi connectivity index (χ0n) is 19.5. The van der Waals surface area contributed by atoms with E-state index in [-0.39, 0.29) is 23.5 Å². The molecule has 1 aliphatic heterocycles. The van der Waals surface area contributed by atoms with E-state index in [2.05, 4.69) is 21.1 Å². The van der Waals surface area contributed by atoms with Crippen molar-refractivity contribution in [2.75, 3.05) is 12.4 Å². The number of aromatic nitrogens is 1. The predicted molar refractivity (Wildman–Crippen MR) is 138 cm³/mol. The van der Waals surface area contributed by atoms with Crippen LogP contribution in [0.15, 0.2) is 82.8 Å². The predicted octanol–water partition coefficient (Wildman–Crippen LogP) is 4.26. The smallest absolute Gasteiger partial charge is 0.241 e. The van der Waals surface area contributed by atoms with E-state index >= 15 is 0 Å². The van der Waals surface area contributed by atoms with Crippen molar-refractivity contribution in [2.24, 2.45) is 0 Å². The number of benzene rings is 2. The molecule has 0 saturated carbocycles. The second-order valence-corrected chi connectivity index (χ2v) is 11.3. The molecule has 0 unspecified atom stereocenters. The number of carbonyl (C=O) groups excluding carboxylic acids is 1. The van der Waals surface area contributed by atoms with E-state index in [1.165, 1.54) is 12.1 Å². The minimum Gasteiger partial charge on any atom is -0.491 e. The lowest BCUT2D eigenvalue weighted by atomic mass is 10.1. The summed E-state index contributed by atoms with van der Waals surface area (Å²) < 4.78 is 34.5. The highest BCUT2D eigenvalue weighted by atomic mass is 32.2. The number of ether oxygens (including phenoxy) is 1. The van der Waals surface area contributed by atoms with Crippen LogP contribution in [0.4, 0.5) is 0 Å². The minimum atomic E-state index is -3.83. The van der Waals surface area contributed by atoms with Crippen molar-refractivity contribution in [3.05, 3.63) is 73.1 Å². The Morgan fingerprint density at radius 1 is 1.06 bits per heavy atom. The quantitative estimate of drug-likeness (QED) is 0.546. The van der Waals surface area contributed by atoms with Gasteiger partial charge in [0.15, 0.2) is 0 Å². The maximum absolute atomic E-state index is 13.1. The van der Waals surface area contributed by atoms with Crippen LogP contribution in [0.25, 0.3) is 11.1 Å². The molecule has 3 aromatic rings. The van der Waals surface area contributed by atoms with Gasteiger partial charge in [-0.25, -0.2) is 8.42 Å². The van der Waals surface area contributed by atoms with Gasteiger partial charge in [0.1, 0.15) is 18.4 Å². The van der Waals surface area contributed by atoms with Crippen LogP contribution in [0.1, 0.15) is 26.2 Å². The highest BCUT2D eigenvalue weighted by molar-refractivity contribution is 7.99. The topological polar surface area (TPSA) is 97.4 Å². The fourth-order valence-electron chi connectivity index (χ4n) is 3.81. The van der Waals surface area contributed by atoms with E-state index < -0.39 is 16.1 Å². The summed E-state index contributed by atoms with van der Waals surface area (Å²) in [5.41, 5.74) is 1.91. The van der Waals surface area contributed by atoms with Crippen LogP contribution in [0.5, 0.6) is 5.75 Å². The molecule has 2 atom stereocenters. The van der Waals surface area contributed by atoms with E-state index in [0.29, 0.717) is 18.6 Å². The van der Waals surface area contributed by atoms with Gasteiger partial charge >= 0.3 is 0 Å². The van der Waals surface area contributed by atoms with E-state index in [0.717, 1.165) is 28.2 Å². The highest BCUT2D eigenvalue weighted by Crippen LogP contribution is 2.32. The Kier molecular flexibility index (Phi) is 8.43. The molecule has 9 heteroatoms. The number of sulfonamides is 1. The average molecular weight is 512 g/mol. The number of fused-ring (bicyclic) bond motifs is 4. The zero-order valence-corrected chi connectivity index (χ0v) is 21.1. The molecule has 4 rings (SSSR count). The molecule has 2 aromatic carbocycles. The van der Waals surface area contributed by atoms with Crippen molar-refractivity contribution in [3.8, 4) is 16.9 Å². The minimum absolute atomic E-state index is 0.135. The van der Waals surface area contributed by atoms with E-state index in [1.807, 2.05) is 43.6 Å². The number of nitrogens with one attached hydrogen (secondary N) is 2. The number of hydrogen-bond donors (Lipinski definition) is 2. The molecule has 0 spiro atoms. The summed E-state index contributed by atoms with van der Waals surface area (Å²) in [7, 11) is -3.83. The number of hydrogen-bond acceptors (Lipinski definition) is 6. The van der Waals surface area contributed by atoms with Crippen molar-refractivity contribution < 1.29 is 17.9 Å². The van der Waals surface area contributed by atoms with Gasteiger partial charge in [0, 0.05) is 28.4 Å². The van der Waals surface area contributed by atoms with Gasteiger partial charge in [-0.15, -0.1) is 11.8 Å². The summed E-state index contributed by atoms with van der Waals surface area (Å²) in [4.78, 5) is 18.7. The van der Waals surface area contributed by atoms with Crippen molar-refractivity contribution in [1.82, 2.24) is 15.0 Å². The number of rotatable bonds is 3. The third kappa shape index (κ3) is 6.84. The number of para-hydroxylation sites is 1. The number of nitrogens with zero attached hydrogens (tertiary/aromatic N) is 1. The van der Waals surface area contributed by atoms with Gasteiger partial charge in [-0.2, -0.15) is 4.72 Å². The second kappa shape index (κ2) is 11.7. The Morgan fingerprint density at radius 2 is 1.83 bits per heavy atom. The molecule has 2 bridgehead atoms. The molecule has 0 fully saturated rings. The summed E-state index contributed by atoms with van der Waals surface area (Å²) in [5, 5.41) is 2.91. The van der Waals surface area contributed by atoms with Gasteiger partial charge in [-0.05, 0) is 49.8 Å². The van der Waals surface area contributed by atoms with Crippen LogP contribution >= 0.6 is 11.8 Å². The first-order valence-electron chi connectivity index (χ1n) is 11.6. The van der Waals surface area contributed by atoms with Crippen LogP contribution in [0, 0.1) is 0 Å². The second-order valence-electron chi connectivity index (χ2n) is 8.46. The van der Waals surface area contributed by atoms with Crippen LogP contribution in [-0.4, -0.2) is 43.8 Å². The SMILES string of the molecule is C[C@@H]1COc2ccccc2-c2cncc(c2)SCCCC[C@H](NS(=O)(=O)c2ccccc2)C(=O)N1. The average Bonchev–Trinajstić information content (AvgIpc) is 2.87. The molecular weight excluding hydrogens is 482 g/mol. The summed E-state index contributed by atoms with van der Waals surface area (Å²) in [6.07, 6.45) is 5.59. The Balaban J connectivity index is 1.55. The fraction of sp³-hybridized carbons (Fsp3) is 0.308. The molecule has 35 heavy (non-hydrogen) atoms. The first kappa shape index (κ1) is 25.2. The monoisotopic (exact) mass is 511 g/mol. The van der Waals surface area contributed by atoms with Gasteiger partial charge < -0.3 is 10.1 Å². The van der Waals surface area contributed by atoms with Crippen molar-refractivity contribution in [1.29, 1.82) is 0 Å². The van der Waals surface area contributed by atoms with E-state index in [1.54, 1.807) is 30.0 Å². The molecule has 0 aliphatic carbocycles. The van der Waals surface area contributed by atoms with Crippen LogP contribution < -0.4 is 14.8 Å². The lowest BCUT2D eigenvalue weighted by Gasteiger charge is -2.22. The Hall–Kier alpha value is -2.88. The van der Waals surface area contributed by atoms with Crippen molar-refractivity contribution in [3.63, 3.8) is 0 Å². The van der Waals surface area contributed by atoms with Gasteiger partial charge in [-0.3, -0.25) is 9.78 Å². The summed E-state index contributed by atoms with van der Waals surface area (Å²) in [6.45, 7) is 2.08. The molecule has 1 amide bonds. The summed E-state index contributed by atoms with van der Waals surface area (Å²) >= 11 is 1.69. The van der Waals surface area contributed by atoms with Crippen LogP contribution in [0.3, 0.4) is 0 Å². The molecule has 2 heterocycles. The molecule has 1 aromatic heterocycles. The third-order valence-electron chi connectivity index (χ3n) is 5.61. The lowest BCUT2D eigenvalue weighted by Crippen LogP contribution is -2.50. The molecular formula is C26H29N3O4S2. The van der Waals surface area contributed by atoms with Crippen LogP contribution in [0.2, 0.25) is 0 Å². The number of thioether (sulfide) groups is 1. The first-order chi connectivity index (χ1) is 16.9. The van der Waals surface area contributed by atoms with E-state index in [9.17, 15) is 13.2 Å². The standard InChI is InChI=1S/C26H29N3O4S2/c1-19-18-33-25-13-6-5-11-23(25)20-15-21(17-27-16-20)34-14-8-7-12-24(26(30)28-19)29-35(31,32)22-9-3-2-4-10-22/h2-6,9-11,13,15-17,19,24,29H,7-8,12,14,18H2,1H3,(H,28,30)/t19-,24+/m1/s1. The normalized spacial score (nSPS) is 19.7. The molecule has 1 aliphatic rings. The Bertz CT molecular complexity index is 1250. The van der Waals surface area contributed by atoms with Gasteiger partial charge in [0.05, 0.1) is 10.9 Å². The van der Waals surface area contributed by atoms with Crippen molar-refractivity contribution >= 4 is 27.7 Å². The fourth-order valence-corrected chi connectivity index (χ4v) is 6.00. The lowest BCUT2D eigenvalue weighted by molar-refractivity contribution is -0.123.